The molecule has 2 bridgehead atoms. The highest BCUT2D eigenvalue weighted by atomic mass is 19.1. The number of piperazine rings is 1. The predicted molar refractivity (Wildman–Crippen MR) is 176 cm³/mol. The second-order valence-electron chi connectivity index (χ2n) is 12.7. The number of benzene rings is 2. The van der Waals surface area contributed by atoms with Crippen molar-refractivity contribution in [2.24, 2.45) is 0 Å². The van der Waals surface area contributed by atoms with Gasteiger partial charge in [0.2, 0.25) is 5.91 Å². The van der Waals surface area contributed by atoms with Crippen LogP contribution in [0.3, 0.4) is 0 Å². The molecule has 7 rings (SSSR count). The highest BCUT2D eigenvalue weighted by molar-refractivity contribution is 6.02. The molecule has 4 saturated heterocycles. The smallest absolute Gasteiger partial charge is 0.247 e. The standard InChI is InChI=1S/C34H40F2N8O3/c1-4-34(45)40-27-15-28(31(46-3)16-30(27)42-10-7-22(8-11-42)43-19-23-14-24(43)18-41(23)2)39-32-17-33(38-20-37-32)44-29(9-12-47-44)25-13-21(35)5-6-26(25)36/h4-6,13,15-17,20,22-24,29H,1,7-12,14,18-19H2,2-3H3,(H,40,45)(H,37,38,39)/t23?,24?,29-/m1/s1. The number of ether oxygens (including phenoxy) is 1. The first-order valence-corrected chi connectivity index (χ1v) is 16.1. The van der Waals surface area contributed by atoms with Gasteiger partial charge in [0.1, 0.15) is 29.5 Å². The fourth-order valence-corrected chi connectivity index (χ4v) is 7.58. The van der Waals surface area contributed by atoms with Crippen molar-refractivity contribution in [2.45, 2.75) is 49.9 Å². The highest BCUT2D eigenvalue weighted by Gasteiger charge is 2.44. The van der Waals surface area contributed by atoms with Crippen molar-refractivity contribution in [1.29, 1.82) is 0 Å². The van der Waals surface area contributed by atoms with E-state index in [1.165, 1.54) is 30.0 Å². The summed E-state index contributed by atoms with van der Waals surface area (Å²) >= 11 is 0. The largest absolute Gasteiger partial charge is 0.494 e. The topological polar surface area (TPSA) is 98.3 Å². The van der Waals surface area contributed by atoms with Crippen molar-refractivity contribution in [3.63, 3.8) is 0 Å². The summed E-state index contributed by atoms with van der Waals surface area (Å²) < 4.78 is 34.5. The molecule has 5 heterocycles. The number of anilines is 5. The van der Waals surface area contributed by atoms with Crippen LogP contribution in [0.1, 0.15) is 37.3 Å². The summed E-state index contributed by atoms with van der Waals surface area (Å²) in [4.78, 5) is 34.6. The van der Waals surface area contributed by atoms with Crippen molar-refractivity contribution in [3.05, 3.63) is 72.6 Å². The average Bonchev–Trinajstić information content (AvgIpc) is 3.83. The quantitative estimate of drug-likeness (QED) is 0.314. The Bertz CT molecular complexity index is 1650. The number of rotatable bonds is 9. The number of amides is 1. The summed E-state index contributed by atoms with van der Waals surface area (Å²) in [5.41, 5.74) is 2.26. The molecule has 248 valence electrons. The van der Waals surface area contributed by atoms with Crippen molar-refractivity contribution >= 4 is 34.6 Å². The van der Waals surface area contributed by atoms with Crippen LogP contribution in [0.15, 0.2) is 55.4 Å². The second-order valence-corrected chi connectivity index (χ2v) is 12.7. The summed E-state index contributed by atoms with van der Waals surface area (Å²) in [6.07, 6.45) is 6.44. The van der Waals surface area contributed by atoms with Crippen LogP contribution in [-0.4, -0.2) is 90.7 Å². The van der Waals surface area contributed by atoms with Gasteiger partial charge in [-0.1, -0.05) is 6.58 Å². The van der Waals surface area contributed by atoms with E-state index < -0.39 is 17.7 Å². The van der Waals surface area contributed by atoms with Gasteiger partial charge in [0.25, 0.3) is 0 Å². The Morgan fingerprint density at radius 3 is 2.60 bits per heavy atom. The molecular formula is C34H40F2N8O3. The lowest BCUT2D eigenvalue weighted by Crippen LogP contribution is -2.52. The van der Waals surface area contributed by atoms with Crippen LogP contribution in [0, 0.1) is 11.6 Å². The van der Waals surface area contributed by atoms with Crippen LogP contribution in [-0.2, 0) is 9.63 Å². The van der Waals surface area contributed by atoms with E-state index in [2.05, 4.69) is 48.9 Å². The molecule has 1 aromatic heterocycles. The predicted octanol–water partition coefficient (Wildman–Crippen LogP) is 4.87. The van der Waals surface area contributed by atoms with E-state index in [-0.39, 0.29) is 11.5 Å². The van der Waals surface area contributed by atoms with E-state index in [9.17, 15) is 13.6 Å². The Hall–Kier alpha value is -4.33. The molecule has 0 saturated carbocycles. The minimum atomic E-state index is -0.561. The number of aromatic nitrogens is 2. The maximum atomic E-state index is 14.7. The van der Waals surface area contributed by atoms with E-state index in [0.29, 0.717) is 59.9 Å². The lowest BCUT2D eigenvalue weighted by atomic mass is 10.0. The van der Waals surface area contributed by atoms with Gasteiger partial charge in [-0.15, -0.1) is 0 Å². The van der Waals surface area contributed by atoms with E-state index in [4.69, 9.17) is 9.57 Å². The molecule has 4 fully saturated rings. The lowest BCUT2D eigenvalue weighted by molar-refractivity contribution is -0.111. The van der Waals surface area contributed by atoms with Crippen molar-refractivity contribution in [2.75, 3.05) is 67.5 Å². The van der Waals surface area contributed by atoms with Crippen molar-refractivity contribution < 1.29 is 23.1 Å². The van der Waals surface area contributed by atoms with Crippen molar-refractivity contribution in [3.8, 4) is 5.75 Å². The second kappa shape index (κ2) is 13.1. The van der Waals surface area contributed by atoms with Gasteiger partial charge in [0.15, 0.2) is 5.82 Å². The van der Waals surface area contributed by atoms with Crippen LogP contribution in [0.2, 0.25) is 0 Å². The minimum Gasteiger partial charge on any atom is -0.494 e. The molecule has 4 aliphatic rings. The van der Waals surface area contributed by atoms with Gasteiger partial charge in [-0.2, -0.15) is 0 Å². The highest BCUT2D eigenvalue weighted by Crippen LogP contribution is 2.42. The molecule has 2 unspecified atom stereocenters. The molecule has 0 spiro atoms. The Labute approximate surface area is 273 Å². The van der Waals surface area contributed by atoms with Gasteiger partial charge in [-0.3, -0.25) is 14.5 Å². The Morgan fingerprint density at radius 2 is 1.87 bits per heavy atom. The normalized spacial score (nSPS) is 23.4. The third kappa shape index (κ3) is 6.22. The van der Waals surface area contributed by atoms with Crippen LogP contribution in [0.25, 0.3) is 0 Å². The van der Waals surface area contributed by atoms with Gasteiger partial charge in [0.05, 0.1) is 36.8 Å². The summed E-state index contributed by atoms with van der Waals surface area (Å²) in [7, 11) is 3.83. The maximum Gasteiger partial charge on any atom is 0.247 e. The fourth-order valence-electron chi connectivity index (χ4n) is 7.58. The number of nitrogens with one attached hydrogen (secondary N) is 2. The van der Waals surface area contributed by atoms with Gasteiger partial charge < -0.3 is 25.2 Å². The molecule has 3 atom stereocenters. The number of hydrogen-bond donors (Lipinski definition) is 2. The summed E-state index contributed by atoms with van der Waals surface area (Å²) in [5, 5.41) is 7.75. The first kappa shape index (κ1) is 31.3. The first-order chi connectivity index (χ1) is 22.8. The van der Waals surface area contributed by atoms with Crippen LogP contribution >= 0.6 is 0 Å². The Kier molecular flexibility index (Phi) is 8.69. The van der Waals surface area contributed by atoms with Gasteiger partial charge in [-0.05, 0) is 56.7 Å². The molecule has 4 aliphatic heterocycles. The zero-order chi connectivity index (χ0) is 32.7. The lowest BCUT2D eigenvalue weighted by Gasteiger charge is -2.43. The molecule has 1 amide bonds. The molecular weight excluding hydrogens is 606 g/mol. The fraction of sp³-hybridized carbons (Fsp3) is 0.441. The molecule has 3 aromatic rings. The zero-order valence-corrected chi connectivity index (χ0v) is 26.7. The first-order valence-electron chi connectivity index (χ1n) is 16.1. The van der Waals surface area contributed by atoms with Gasteiger partial charge in [-0.25, -0.2) is 23.8 Å². The Morgan fingerprint density at radius 1 is 1.04 bits per heavy atom. The summed E-state index contributed by atoms with van der Waals surface area (Å²) in [5.74, 6) is 0.00591. The van der Waals surface area contributed by atoms with Crippen LogP contribution in [0.4, 0.5) is 37.5 Å². The number of hydrogen-bond acceptors (Lipinski definition) is 10. The van der Waals surface area contributed by atoms with Crippen molar-refractivity contribution in [1.82, 2.24) is 19.8 Å². The minimum absolute atomic E-state index is 0.194. The summed E-state index contributed by atoms with van der Waals surface area (Å²) in [6.45, 7) is 7.98. The number of nitrogens with zero attached hydrogens (tertiary/aromatic N) is 6. The van der Waals surface area contributed by atoms with E-state index >= 15 is 0 Å². The van der Waals surface area contributed by atoms with Gasteiger partial charge >= 0.3 is 0 Å². The van der Waals surface area contributed by atoms with Crippen LogP contribution < -0.4 is 25.3 Å². The molecule has 47 heavy (non-hydrogen) atoms. The molecule has 0 aliphatic carbocycles. The third-order valence-corrected chi connectivity index (χ3v) is 9.96. The number of likely N-dealkylation sites (N-methyl/N-ethyl adjacent to an activating group) is 1. The molecule has 0 radical (unpaired) electrons. The monoisotopic (exact) mass is 646 g/mol. The number of methoxy groups -OCH3 is 1. The number of piperidine rings is 1. The SMILES string of the molecule is C=CC(=O)Nc1cc(Nc2cc(N3OCC[C@@H]3c3cc(F)ccc3F)ncn2)c(OC)cc1N1CCC(N2CC3CC2CN3C)CC1. The maximum absolute atomic E-state index is 14.7. The Balaban J connectivity index is 1.11. The number of fused-ring (bicyclic) bond motifs is 2. The van der Waals surface area contributed by atoms with Crippen LogP contribution in [0.5, 0.6) is 5.75 Å². The molecule has 2 aromatic carbocycles. The number of likely N-dealkylation sites (tertiary alicyclic amines) is 2. The number of carbonyl (C=O) groups excluding carboxylic acids is 1. The zero-order valence-electron chi connectivity index (χ0n) is 26.7. The van der Waals surface area contributed by atoms with Gasteiger partial charge in [0, 0.05) is 68.4 Å². The molecule has 2 N–H and O–H groups in total. The van der Waals surface area contributed by atoms with E-state index in [1.807, 2.05) is 12.1 Å². The number of hydroxylamine groups is 1. The van der Waals surface area contributed by atoms with E-state index in [1.54, 1.807) is 13.2 Å². The molecule has 13 heteroatoms. The molecule has 11 nitrogen and oxygen atoms in total. The summed E-state index contributed by atoms with van der Waals surface area (Å²) in [6, 6.07) is 10.2. The number of carbonyl (C=O) groups is 1. The van der Waals surface area contributed by atoms with E-state index in [0.717, 1.165) is 56.8 Å². The third-order valence-electron chi connectivity index (χ3n) is 9.96. The average molecular weight is 647 g/mol. The number of halogens is 2.